The van der Waals surface area contributed by atoms with Gasteiger partial charge in [-0.05, 0) is 153 Å². The van der Waals surface area contributed by atoms with Crippen LogP contribution in [0.15, 0.2) is 152 Å². The van der Waals surface area contributed by atoms with Gasteiger partial charge in [0.05, 0.1) is 68.3 Å². The number of phenolic OH excluding ortho intramolecular Hbond substituents is 25. The average Bonchev–Trinajstić information content (AvgIpc) is 1.62. The van der Waals surface area contributed by atoms with Crippen LogP contribution in [0, 0.1) is 5.92 Å². The first kappa shape index (κ1) is 101. The van der Waals surface area contributed by atoms with E-state index in [1.807, 2.05) is 13.1 Å². The number of phenols is 25. The van der Waals surface area contributed by atoms with Crippen LogP contribution in [0.5, 0.6) is 172 Å². The van der Waals surface area contributed by atoms with Gasteiger partial charge in [-0.1, -0.05) is 18.2 Å². The average molecular weight is 2000 g/mol. The van der Waals surface area contributed by atoms with Crippen LogP contribution in [0.2, 0.25) is 0 Å². The summed E-state index contributed by atoms with van der Waals surface area (Å²) in [5.41, 5.74) is -9.38. The molecule has 3 aliphatic rings. The number of benzene rings is 11. The maximum Gasteiger partial charge on any atom is 0.343 e. The number of fused-ring (bicyclic) bond motifs is 2. The monoisotopic (exact) mass is 2000 g/mol. The molecule has 2 unspecified atom stereocenters. The normalized spacial score (nSPS) is 17.1. The van der Waals surface area contributed by atoms with Gasteiger partial charge in [-0.25, -0.2) is 52.7 Å². The minimum Gasteiger partial charge on any atom is -0.504 e. The number of methoxy groups -OCH3 is 1. The number of esters is 12. The lowest BCUT2D eigenvalue weighted by atomic mass is 9.87. The lowest BCUT2D eigenvalue weighted by Gasteiger charge is -2.43. The largest absolute Gasteiger partial charge is 0.504 e. The highest BCUT2D eigenvalue weighted by Gasteiger charge is 2.56. The molecule has 750 valence electrons. The van der Waals surface area contributed by atoms with E-state index in [9.17, 15) is 171 Å². The van der Waals surface area contributed by atoms with Crippen LogP contribution in [-0.4, -0.2) is 274 Å². The zero-order chi connectivity index (χ0) is 105. The van der Waals surface area contributed by atoms with Gasteiger partial charge in [-0.3, -0.25) is 9.69 Å². The molecule has 3 fully saturated rings. The molecule has 9 atom stereocenters. The molecule has 25 N–H and O–H groups in total. The number of nitrogens with zero attached hydrogens (tertiary/aromatic N) is 1. The van der Waals surface area contributed by atoms with Crippen LogP contribution >= 0.6 is 0 Å². The molecule has 14 rings (SSSR count). The first-order valence-electron chi connectivity index (χ1n) is 40.9. The highest BCUT2D eigenvalue weighted by atomic mass is 16.8. The van der Waals surface area contributed by atoms with Crippen molar-refractivity contribution in [1.82, 2.24) is 4.90 Å². The molecule has 0 saturated carbocycles. The highest BCUT2D eigenvalue weighted by molar-refractivity contribution is 6.01. The van der Waals surface area contributed by atoms with E-state index in [0.717, 1.165) is 12.8 Å². The Bertz CT molecular complexity index is 6980. The molecule has 51 heteroatoms. The predicted molar refractivity (Wildman–Crippen MR) is 463 cm³/mol. The number of piperidine rings is 1. The van der Waals surface area contributed by atoms with Crippen LogP contribution in [0.4, 0.5) is 0 Å². The van der Waals surface area contributed by atoms with Crippen molar-refractivity contribution >= 4 is 71.6 Å². The molecule has 0 amide bonds. The summed E-state index contributed by atoms with van der Waals surface area (Å²) in [6, 6.07) is 17.9. The van der Waals surface area contributed by atoms with Crippen molar-refractivity contribution in [2.75, 3.05) is 20.8 Å². The molecule has 3 saturated heterocycles. The van der Waals surface area contributed by atoms with E-state index >= 15 is 14.4 Å². The second-order valence-corrected chi connectivity index (χ2v) is 31.2. The third kappa shape index (κ3) is 21.5. The zero-order valence-electron chi connectivity index (χ0n) is 72.8. The summed E-state index contributed by atoms with van der Waals surface area (Å²) in [7, 11) is 3.42. The number of ether oxygens (including phenoxy) is 13. The van der Waals surface area contributed by atoms with Gasteiger partial charge in [0.15, 0.2) is 156 Å². The van der Waals surface area contributed by atoms with Crippen LogP contribution in [-0.2, 0) is 42.7 Å². The zero-order valence-corrected chi connectivity index (χ0v) is 72.8. The predicted octanol–water partition coefficient (Wildman–Crippen LogP) is 6.71. The van der Waals surface area contributed by atoms with Crippen molar-refractivity contribution < 1.29 is 247 Å². The van der Waals surface area contributed by atoms with Crippen LogP contribution in [0.3, 0.4) is 0 Å². The molecule has 11 aromatic rings. The van der Waals surface area contributed by atoms with Crippen molar-refractivity contribution in [3.05, 3.63) is 213 Å². The van der Waals surface area contributed by atoms with Crippen molar-refractivity contribution in [1.29, 1.82) is 0 Å². The summed E-state index contributed by atoms with van der Waals surface area (Å²) in [5, 5.41) is 261. The van der Waals surface area contributed by atoms with Gasteiger partial charge in [0.1, 0.15) is 24.7 Å². The Morgan fingerprint density at radius 3 is 0.826 bits per heavy atom. The minimum absolute atomic E-state index is 0.0970. The third-order valence-electron chi connectivity index (χ3n) is 21.9. The standard InChI is InChI=1S/C76H52O46.C17H21NO4/c77-32-1-22(2-33(78)53(32)92)67(103)113-47-16-27(11-42(87)58(47)97)66(102)112-21-52-63(119-72(108)28-12-43(88)59(98)48(17-28)114-68(104)23-3-34(79)54(93)35(80)4-23)64(120-73(109)29-13-44(89)60(99)49(18-29)115-69(105)24-5-36(81)55(94)37(82)6-24)65(121-74(110)30-14-45(90)61(100)50(19-30)116-70(106)25-7-38(83)56(95)39(84)8-25)76(118-52)122-75(111)31-15-46(91)62(101)51(20-31)117-71(107)26-9-40(85)57(96)41(86)10-26;1-18-12-8-9-13(18)15(17(20)21-2)14(10-12)22-16(19)11-6-4-3-5-7-11/h1-20,52,63-65,76-101H,21H2;3-7,12-15H,8-10H2,1-2H3/t52-,63-,64+,65-,76+;12-,13-,14?,15?/m11/s1. The Morgan fingerprint density at radius 2 is 0.535 bits per heavy atom. The molecule has 0 aliphatic carbocycles. The summed E-state index contributed by atoms with van der Waals surface area (Å²) in [4.78, 5) is 169. The summed E-state index contributed by atoms with van der Waals surface area (Å²) >= 11 is 0. The fraction of sp³-hybridized carbons (Fsp3) is 0.161. The molecule has 3 aliphatic heterocycles. The minimum atomic E-state index is -3.12. The van der Waals surface area contributed by atoms with E-state index in [-0.39, 0.29) is 18.0 Å². The summed E-state index contributed by atoms with van der Waals surface area (Å²) in [6.07, 6.45) is -12.8. The number of carbonyl (C=O) groups excluding carboxylic acids is 12. The first-order valence-corrected chi connectivity index (χ1v) is 40.9. The number of aromatic hydroxyl groups is 25. The van der Waals surface area contributed by atoms with Crippen molar-refractivity contribution in [3.8, 4) is 172 Å². The number of hydrogen-bond acceptors (Lipinski definition) is 51. The fourth-order valence-corrected chi connectivity index (χ4v) is 14.6. The quantitative estimate of drug-likeness (QED) is 0.0129. The molecule has 51 nitrogen and oxygen atoms in total. The SMILES string of the molecule is COC(=O)C1C(OC(=O)c2ccccc2)C[C@H]2CC[C@H]1N2C.O=C(OC[C@H]1O[C@@H](OC(=O)c2cc(O)c(O)c(OC(=O)c3cc(O)c(O)c(O)c3)c2)[C@H](OC(=O)c2cc(O)c(O)c(OC(=O)c3cc(O)c(O)c(O)c3)c2)[C@@H](OC(=O)c2cc(O)c(O)c(OC(=O)c3cc(O)c(O)c(O)c3)c2)[C@@H]1OC(=O)c1cc(O)c(O)c(OC(=O)c2cc(O)c(O)c(O)c2)c1)c1cc(O)c(O)c(OC(=O)c2cc(O)c(O)c(O)c2)c1. The molecular weight excluding hydrogens is 1930 g/mol. The summed E-state index contributed by atoms with van der Waals surface area (Å²) < 4.78 is 71.1. The van der Waals surface area contributed by atoms with Gasteiger partial charge in [0.2, 0.25) is 41.1 Å². The van der Waals surface area contributed by atoms with E-state index in [4.69, 9.17) is 61.6 Å². The highest BCUT2D eigenvalue weighted by Crippen LogP contribution is 2.49. The number of carbonyl (C=O) groups is 12. The molecule has 2 bridgehead atoms. The lowest BCUT2D eigenvalue weighted by Crippen LogP contribution is -2.63. The van der Waals surface area contributed by atoms with Crippen molar-refractivity contribution in [2.45, 2.75) is 68.2 Å². The molecule has 3 heterocycles. The molecule has 0 radical (unpaired) electrons. The van der Waals surface area contributed by atoms with Gasteiger partial charge in [-0.2, -0.15) is 0 Å². The maximum atomic E-state index is 15.3. The van der Waals surface area contributed by atoms with Gasteiger partial charge < -0.3 is 189 Å². The Kier molecular flexibility index (Phi) is 28.9. The summed E-state index contributed by atoms with van der Waals surface area (Å²) in [6.45, 7) is -1.71. The second-order valence-electron chi connectivity index (χ2n) is 31.2. The molecule has 0 aromatic heterocycles. The van der Waals surface area contributed by atoms with Gasteiger partial charge in [-0.15, -0.1) is 0 Å². The van der Waals surface area contributed by atoms with E-state index in [1.54, 1.807) is 24.3 Å². The molecule has 0 spiro atoms. The second kappa shape index (κ2) is 41.1. The third-order valence-corrected chi connectivity index (χ3v) is 21.9. The van der Waals surface area contributed by atoms with E-state index in [1.165, 1.54) is 7.11 Å². The fourth-order valence-electron chi connectivity index (χ4n) is 14.6. The Balaban J connectivity index is 0.000000690. The first-order chi connectivity index (χ1) is 68.0. The van der Waals surface area contributed by atoms with Crippen LogP contribution in [0.25, 0.3) is 0 Å². The van der Waals surface area contributed by atoms with Crippen molar-refractivity contribution in [3.63, 3.8) is 0 Å². The van der Waals surface area contributed by atoms with Gasteiger partial charge >= 0.3 is 71.6 Å². The molecular formula is C93H73NO50. The number of rotatable bonds is 24. The van der Waals surface area contributed by atoms with Crippen LogP contribution < -0.4 is 23.7 Å². The Labute approximate surface area is 800 Å². The van der Waals surface area contributed by atoms with Crippen molar-refractivity contribution in [2.24, 2.45) is 5.92 Å². The Morgan fingerprint density at radius 1 is 0.285 bits per heavy atom. The van der Waals surface area contributed by atoms with Gasteiger partial charge in [0, 0.05) is 18.5 Å². The molecule has 144 heavy (non-hydrogen) atoms. The lowest BCUT2D eigenvalue weighted by molar-refractivity contribution is -0.282. The smallest absolute Gasteiger partial charge is 0.343 e. The van der Waals surface area contributed by atoms with Crippen LogP contribution in [0.1, 0.15) is 133 Å². The molecule has 11 aromatic carbocycles. The summed E-state index contributed by atoms with van der Waals surface area (Å²) in [5.74, 6) is -57.0. The Hall–Kier alpha value is -20.0. The van der Waals surface area contributed by atoms with Gasteiger partial charge in [0.25, 0.3) is 0 Å². The van der Waals surface area contributed by atoms with E-state index in [2.05, 4.69) is 4.90 Å². The topological polar surface area (TPSA) is 834 Å². The number of hydrogen-bond donors (Lipinski definition) is 25. The maximum absolute atomic E-state index is 15.3. The van der Waals surface area contributed by atoms with E-state index < -0.39 is 337 Å². The van der Waals surface area contributed by atoms with E-state index in [0.29, 0.717) is 139 Å².